The van der Waals surface area contributed by atoms with Crippen molar-refractivity contribution in [1.82, 2.24) is 9.97 Å². The number of pyridine rings is 1. The fourth-order valence-corrected chi connectivity index (χ4v) is 1.09. The molecule has 0 fully saturated rings. The van der Waals surface area contributed by atoms with Crippen molar-refractivity contribution in [2.24, 2.45) is 0 Å². The Morgan fingerprint density at radius 1 is 1.55 bits per heavy atom. The van der Waals surface area contributed by atoms with E-state index in [1.807, 2.05) is 0 Å². The quantitative estimate of drug-likeness (QED) is 0.607. The summed E-state index contributed by atoms with van der Waals surface area (Å²) in [5.41, 5.74) is 1.33. The normalized spacial score (nSPS) is 10.7. The van der Waals surface area contributed by atoms with Crippen LogP contribution in [-0.2, 0) is 0 Å². The molecule has 0 bridgehead atoms. The Bertz CT molecular complexity index is 396. The van der Waals surface area contributed by atoms with Gasteiger partial charge in [-0.15, -0.1) is 12.6 Å². The first-order valence-corrected chi connectivity index (χ1v) is 3.62. The van der Waals surface area contributed by atoms with Crippen LogP contribution >= 0.6 is 12.6 Å². The number of oxazole rings is 1. The zero-order chi connectivity index (χ0) is 7.84. The molecule has 0 atom stereocenters. The minimum Gasteiger partial charge on any atom is -0.439 e. The van der Waals surface area contributed by atoms with E-state index in [9.17, 15) is 0 Å². The topological polar surface area (TPSA) is 38.9 Å². The number of hydrogen-bond acceptors (Lipinski definition) is 4. The zero-order valence-electron chi connectivity index (χ0n) is 5.90. The second-order valence-corrected chi connectivity index (χ2v) is 2.76. The van der Waals surface area contributed by atoms with E-state index in [1.165, 1.54) is 0 Å². The molecule has 0 aliphatic rings. The summed E-state index contributed by atoms with van der Waals surface area (Å²) in [5.74, 6) is 0.631. The largest absolute Gasteiger partial charge is 0.439 e. The third kappa shape index (κ3) is 1.09. The molecule has 0 radical (unpaired) electrons. The van der Waals surface area contributed by atoms with Crippen LogP contribution < -0.4 is 0 Å². The van der Waals surface area contributed by atoms with E-state index < -0.39 is 0 Å². The molecule has 0 saturated heterocycles. The van der Waals surface area contributed by atoms with E-state index in [2.05, 4.69) is 22.6 Å². The molecule has 0 saturated carbocycles. The maximum atomic E-state index is 5.23. The summed E-state index contributed by atoms with van der Waals surface area (Å²) < 4.78 is 5.23. The highest BCUT2D eigenvalue weighted by Gasteiger charge is 2.01. The van der Waals surface area contributed by atoms with Gasteiger partial charge in [-0.25, -0.2) is 4.98 Å². The maximum Gasteiger partial charge on any atom is 0.198 e. The highest BCUT2D eigenvalue weighted by Crippen LogP contribution is 2.15. The first kappa shape index (κ1) is 6.67. The Kier molecular flexibility index (Phi) is 1.35. The summed E-state index contributed by atoms with van der Waals surface area (Å²) >= 11 is 4.12. The molecule has 2 aromatic heterocycles. The van der Waals surface area contributed by atoms with Gasteiger partial charge in [0.1, 0.15) is 0 Å². The Labute approximate surface area is 68.9 Å². The third-order valence-corrected chi connectivity index (χ3v) is 1.58. The molecule has 2 rings (SSSR count). The van der Waals surface area contributed by atoms with Crippen LogP contribution in [0.3, 0.4) is 0 Å². The lowest BCUT2D eigenvalue weighted by atomic mass is 10.5. The van der Waals surface area contributed by atoms with Gasteiger partial charge in [0.15, 0.2) is 17.1 Å². The lowest BCUT2D eigenvalue weighted by Gasteiger charge is -1.86. The third-order valence-electron chi connectivity index (χ3n) is 1.34. The highest BCUT2D eigenvalue weighted by molar-refractivity contribution is 7.80. The van der Waals surface area contributed by atoms with Crippen molar-refractivity contribution in [3.63, 3.8) is 0 Å². The van der Waals surface area contributed by atoms with Crippen molar-refractivity contribution < 1.29 is 4.42 Å². The van der Waals surface area contributed by atoms with Crippen LogP contribution in [0.4, 0.5) is 0 Å². The fraction of sp³-hybridized carbons (Fsp3) is 0.143. The molecule has 0 aliphatic heterocycles. The molecule has 0 aromatic carbocycles. The van der Waals surface area contributed by atoms with Gasteiger partial charge in [-0.3, -0.25) is 0 Å². The van der Waals surface area contributed by atoms with Crippen LogP contribution in [0.5, 0.6) is 0 Å². The predicted octanol–water partition coefficient (Wildman–Crippen LogP) is 1.82. The molecule has 2 heterocycles. The molecule has 0 spiro atoms. The SMILES string of the molecule is Cc1nc2ncc(S)cc2o1. The van der Waals surface area contributed by atoms with Crippen LogP contribution in [0, 0.1) is 6.92 Å². The van der Waals surface area contributed by atoms with Crippen LogP contribution in [-0.4, -0.2) is 9.97 Å². The smallest absolute Gasteiger partial charge is 0.198 e. The molecule has 56 valence electrons. The minimum absolute atomic E-state index is 0.631. The molecule has 0 aliphatic carbocycles. The number of hydrogen-bond donors (Lipinski definition) is 1. The first-order valence-electron chi connectivity index (χ1n) is 3.18. The molecule has 2 aromatic rings. The fourth-order valence-electron chi connectivity index (χ4n) is 0.917. The van der Waals surface area contributed by atoms with Gasteiger partial charge >= 0.3 is 0 Å². The summed E-state index contributed by atoms with van der Waals surface area (Å²) in [4.78, 5) is 8.85. The Hall–Kier alpha value is -1.03. The van der Waals surface area contributed by atoms with Crippen LogP contribution in [0.2, 0.25) is 0 Å². The van der Waals surface area contributed by atoms with Crippen LogP contribution in [0.1, 0.15) is 5.89 Å². The van der Waals surface area contributed by atoms with E-state index in [0.717, 1.165) is 4.90 Å². The molecular formula is C7H6N2OS. The second-order valence-electron chi connectivity index (χ2n) is 2.25. The molecule has 3 nitrogen and oxygen atoms in total. The number of aromatic nitrogens is 2. The van der Waals surface area contributed by atoms with E-state index >= 15 is 0 Å². The van der Waals surface area contributed by atoms with Gasteiger partial charge in [-0.1, -0.05) is 0 Å². The summed E-state index contributed by atoms with van der Waals surface area (Å²) in [6.45, 7) is 1.79. The van der Waals surface area contributed by atoms with Gasteiger partial charge < -0.3 is 4.42 Å². The Balaban J connectivity index is 2.82. The van der Waals surface area contributed by atoms with Crippen molar-refractivity contribution in [3.05, 3.63) is 18.2 Å². The van der Waals surface area contributed by atoms with Gasteiger partial charge in [0.25, 0.3) is 0 Å². The highest BCUT2D eigenvalue weighted by atomic mass is 32.1. The summed E-state index contributed by atoms with van der Waals surface area (Å²) in [6.07, 6.45) is 1.65. The number of rotatable bonds is 0. The van der Waals surface area contributed by atoms with Crippen LogP contribution in [0.15, 0.2) is 21.6 Å². The number of aryl methyl sites for hydroxylation is 1. The van der Waals surface area contributed by atoms with Gasteiger partial charge in [0, 0.05) is 18.0 Å². The van der Waals surface area contributed by atoms with Gasteiger partial charge in [-0.05, 0) is 6.07 Å². The van der Waals surface area contributed by atoms with Crippen molar-refractivity contribution in [3.8, 4) is 0 Å². The van der Waals surface area contributed by atoms with Crippen molar-refractivity contribution in [2.75, 3.05) is 0 Å². The molecule has 0 amide bonds. The van der Waals surface area contributed by atoms with E-state index in [4.69, 9.17) is 4.42 Å². The monoisotopic (exact) mass is 166 g/mol. The van der Waals surface area contributed by atoms with Crippen molar-refractivity contribution >= 4 is 23.9 Å². The lowest BCUT2D eigenvalue weighted by molar-refractivity contribution is 0.560. The van der Waals surface area contributed by atoms with Gasteiger partial charge in [0.2, 0.25) is 0 Å². The summed E-state index contributed by atoms with van der Waals surface area (Å²) in [6, 6.07) is 1.80. The zero-order valence-corrected chi connectivity index (χ0v) is 6.80. The molecule has 4 heteroatoms. The van der Waals surface area contributed by atoms with Gasteiger partial charge in [-0.2, -0.15) is 4.98 Å². The van der Waals surface area contributed by atoms with E-state index in [0.29, 0.717) is 17.1 Å². The van der Waals surface area contributed by atoms with Crippen LogP contribution in [0.25, 0.3) is 11.2 Å². The van der Waals surface area contributed by atoms with Crippen molar-refractivity contribution in [2.45, 2.75) is 11.8 Å². The average molecular weight is 166 g/mol. The standard InChI is InChI=1S/C7H6N2OS/c1-4-9-7-6(10-4)2-5(11)3-8-7/h2-3,11H,1H3. The predicted molar refractivity (Wildman–Crippen MR) is 43.8 cm³/mol. The summed E-state index contributed by atoms with van der Waals surface area (Å²) in [7, 11) is 0. The average Bonchev–Trinajstić information content (AvgIpc) is 2.27. The molecular weight excluding hydrogens is 160 g/mol. The number of nitrogens with zero attached hydrogens (tertiary/aromatic N) is 2. The maximum absolute atomic E-state index is 5.23. The van der Waals surface area contributed by atoms with E-state index in [1.54, 1.807) is 19.2 Å². The second kappa shape index (κ2) is 2.23. The molecule has 11 heavy (non-hydrogen) atoms. The van der Waals surface area contributed by atoms with Crippen molar-refractivity contribution in [1.29, 1.82) is 0 Å². The Morgan fingerprint density at radius 2 is 2.36 bits per heavy atom. The van der Waals surface area contributed by atoms with E-state index in [-0.39, 0.29) is 0 Å². The Morgan fingerprint density at radius 3 is 3.18 bits per heavy atom. The first-order chi connectivity index (χ1) is 5.25. The van der Waals surface area contributed by atoms with Gasteiger partial charge in [0.05, 0.1) is 0 Å². The number of fused-ring (bicyclic) bond motifs is 1. The lowest BCUT2D eigenvalue weighted by Crippen LogP contribution is -1.75. The summed E-state index contributed by atoms with van der Waals surface area (Å²) in [5, 5.41) is 0. The molecule has 0 N–H and O–H groups in total. The number of thiol groups is 1. The minimum atomic E-state index is 0.631. The molecule has 0 unspecified atom stereocenters.